The van der Waals surface area contributed by atoms with Crippen molar-refractivity contribution in [3.63, 3.8) is 0 Å². The number of amides is 1. The summed E-state index contributed by atoms with van der Waals surface area (Å²) in [5.74, 6) is 0.641. The Hall–Kier alpha value is -2.38. The average molecular weight is 357 g/mol. The highest BCUT2D eigenvalue weighted by Crippen LogP contribution is 2.36. The van der Waals surface area contributed by atoms with E-state index in [-0.39, 0.29) is 5.91 Å². The molecule has 0 saturated heterocycles. The maximum Gasteiger partial charge on any atom is 0.242 e. The first kappa shape index (κ1) is 16.5. The van der Waals surface area contributed by atoms with Gasteiger partial charge < -0.3 is 10.1 Å². The molecule has 0 fully saturated rings. The minimum atomic E-state index is -0.402. The Bertz CT molecular complexity index is 777. The number of nitrogens with zero attached hydrogens (tertiary/aromatic N) is 2. The van der Waals surface area contributed by atoms with Gasteiger partial charge in [0.2, 0.25) is 5.91 Å². The van der Waals surface area contributed by atoms with Crippen LogP contribution in [0.2, 0.25) is 0 Å². The van der Waals surface area contributed by atoms with Crippen molar-refractivity contribution in [3.8, 4) is 5.75 Å². The van der Waals surface area contributed by atoms with Gasteiger partial charge in [-0.2, -0.15) is 0 Å². The van der Waals surface area contributed by atoms with Gasteiger partial charge in [0.25, 0.3) is 0 Å². The monoisotopic (exact) mass is 357 g/mol. The van der Waals surface area contributed by atoms with E-state index < -0.39 is 5.25 Å². The van der Waals surface area contributed by atoms with Gasteiger partial charge in [0, 0.05) is 5.69 Å². The van der Waals surface area contributed by atoms with E-state index in [0.29, 0.717) is 0 Å². The van der Waals surface area contributed by atoms with Gasteiger partial charge in [-0.15, -0.1) is 10.2 Å². The number of methoxy groups -OCH3 is 1. The van der Waals surface area contributed by atoms with Crippen molar-refractivity contribution in [3.05, 3.63) is 65.7 Å². The first-order valence-corrected chi connectivity index (χ1v) is 8.95. The van der Waals surface area contributed by atoms with Gasteiger partial charge in [0.1, 0.15) is 16.5 Å². The molecule has 1 atom stereocenters. The molecular weight excluding hydrogens is 342 g/mol. The van der Waals surface area contributed by atoms with Crippen LogP contribution in [-0.2, 0) is 4.79 Å². The van der Waals surface area contributed by atoms with Gasteiger partial charge in [0.15, 0.2) is 4.34 Å². The predicted octanol–water partition coefficient (Wildman–Crippen LogP) is 4.02. The van der Waals surface area contributed by atoms with E-state index in [4.69, 9.17) is 4.74 Å². The van der Waals surface area contributed by atoms with Crippen molar-refractivity contribution >= 4 is 34.7 Å². The van der Waals surface area contributed by atoms with Crippen LogP contribution in [0, 0.1) is 0 Å². The van der Waals surface area contributed by atoms with Crippen molar-refractivity contribution < 1.29 is 9.53 Å². The summed E-state index contributed by atoms with van der Waals surface area (Å²) in [4.78, 5) is 12.8. The van der Waals surface area contributed by atoms with Gasteiger partial charge in [-0.3, -0.25) is 4.79 Å². The molecule has 24 heavy (non-hydrogen) atoms. The summed E-state index contributed by atoms with van der Waals surface area (Å²) in [6, 6.07) is 16.9. The first-order chi connectivity index (χ1) is 11.8. The summed E-state index contributed by atoms with van der Waals surface area (Å²) < 4.78 is 5.89. The molecule has 1 heterocycles. The number of thioether (sulfide) groups is 1. The number of hydrogen-bond acceptors (Lipinski definition) is 6. The van der Waals surface area contributed by atoms with E-state index in [1.807, 2.05) is 54.6 Å². The zero-order valence-corrected chi connectivity index (χ0v) is 14.5. The fraction of sp³-hybridized carbons (Fsp3) is 0.118. The van der Waals surface area contributed by atoms with E-state index in [2.05, 4.69) is 15.5 Å². The quantitative estimate of drug-likeness (QED) is 0.675. The zero-order valence-electron chi connectivity index (χ0n) is 12.9. The van der Waals surface area contributed by atoms with Crippen molar-refractivity contribution in [1.29, 1.82) is 0 Å². The Morgan fingerprint density at radius 1 is 1.17 bits per heavy atom. The third-order valence-electron chi connectivity index (χ3n) is 3.26. The van der Waals surface area contributed by atoms with Gasteiger partial charge in [-0.05, 0) is 29.8 Å². The highest BCUT2D eigenvalue weighted by molar-refractivity contribution is 8.01. The maximum atomic E-state index is 12.8. The molecule has 0 saturated carbocycles. The van der Waals surface area contributed by atoms with E-state index in [0.717, 1.165) is 21.3 Å². The van der Waals surface area contributed by atoms with Crippen LogP contribution >= 0.6 is 23.1 Å². The number of carbonyl (C=O) groups is 1. The molecule has 1 N–H and O–H groups in total. The Labute approximate surface area is 148 Å². The summed E-state index contributed by atoms with van der Waals surface area (Å²) in [6.07, 6.45) is 0. The van der Waals surface area contributed by atoms with Crippen LogP contribution in [-0.4, -0.2) is 23.2 Å². The highest BCUT2D eigenvalue weighted by atomic mass is 32.2. The van der Waals surface area contributed by atoms with Crippen LogP contribution in [0.25, 0.3) is 0 Å². The van der Waals surface area contributed by atoms with E-state index in [1.165, 1.54) is 23.1 Å². The summed E-state index contributed by atoms with van der Waals surface area (Å²) in [5.41, 5.74) is 3.30. The molecule has 3 aromatic rings. The van der Waals surface area contributed by atoms with Crippen LogP contribution in [0.3, 0.4) is 0 Å². The van der Waals surface area contributed by atoms with E-state index in [9.17, 15) is 4.79 Å². The molecule has 0 aliphatic heterocycles. The number of aromatic nitrogens is 2. The molecule has 0 aliphatic rings. The number of hydrogen-bond donors (Lipinski definition) is 1. The van der Waals surface area contributed by atoms with Crippen LogP contribution in [0.5, 0.6) is 5.75 Å². The summed E-state index contributed by atoms with van der Waals surface area (Å²) in [6.45, 7) is 0. The normalized spacial score (nSPS) is 11.7. The van der Waals surface area contributed by atoms with Gasteiger partial charge >= 0.3 is 0 Å². The topological polar surface area (TPSA) is 64.1 Å². The molecule has 2 aromatic carbocycles. The molecular formula is C17H15N3O2S2. The summed E-state index contributed by atoms with van der Waals surface area (Å²) in [7, 11) is 1.61. The smallest absolute Gasteiger partial charge is 0.242 e. The van der Waals surface area contributed by atoms with Gasteiger partial charge in [0.05, 0.1) is 7.11 Å². The fourth-order valence-electron chi connectivity index (χ4n) is 2.10. The molecule has 0 spiro atoms. The van der Waals surface area contributed by atoms with Crippen molar-refractivity contribution in [2.24, 2.45) is 0 Å². The SMILES string of the molecule is COc1ccc(NC(=O)[C@@H](Sc2nncs2)c2ccccc2)cc1. The molecule has 3 rings (SSSR count). The van der Waals surface area contributed by atoms with E-state index >= 15 is 0 Å². The molecule has 5 nitrogen and oxygen atoms in total. The summed E-state index contributed by atoms with van der Waals surface area (Å²) >= 11 is 2.81. The Balaban J connectivity index is 1.79. The number of benzene rings is 2. The number of carbonyl (C=O) groups excluding carboxylic acids is 1. The molecule has 1 aromatic heterocycles. The zero-order chi connectivity index (χ0) is 16.8. The second-order valence-corrected chi connectivity index (χ2v) is 7.02. The molecule has 122 valence electrons. The van der Waals surface area contributed by atoms with Crippen molar-refractivity contribution in [1.82, 2.24) is 10.2 Å². The minimum absolute atomic E-state index is 0.105. The average Bonchev–Trinajstić information content (AvgIpc) is 3.14. The first-order valence-electron chi connectivity index (χ1n) is 7.19. The molecule has 0 aliphatic carbocycles. The van der Waals surface area contributed by atoms with Crippen LogP contribution < -0.4 is 10.1 Å². The Morgan fingerprint density at radius 2 is 1.92 bits per heavy atom. The lowest BCUT2D eigenvalue weighted by molar-refractivity contribution is -0.115. The molecule has 1 amide bonds. The number of anilines is 1. The highest BCUT2D eigenvalue weighted by Gasteiger charge is 2.23. The van der Waals surface area contributed by atoms with Crippen molar-refractivity contribution in [2.75, 3.05) is 12.4 Å². The Morgan fingerprint density at radius 3 is 2.54 bits per heavy atom. The van der Waals surface area contributed by atoms with E-state index in [1.54, 1.807) is 12.6 Å². The molecule has 0 bridgehead atoms. The minimum Gasteiger partial charge on any atom is -0.497 e. The molecule has 7 heteroatoms. The van der Waals surface area contributed by atoms with Gasteiger partial charge in [-0.1, -0.05) is 53.4 Å². The second-order valence-electron chi connectivity index (χ2n) is 4.83. The standard InChI is InChI=1S/C17H15N3O2S2/c1-22-14-9-7-13(8-10-14)19-16(21)15(12-5-3-2-4-6-12)24-17-20-18-11-23-17/h2-11,15H,1H3,(H,19,21)/t15-/m0/s1. The predicted molar refractivity (Wildman–Crippen MR) is 96.6 cm³/mol. The van der Waals surface area contributed by atoms with Gasteiger partial charge in [-0.25, -0.2) is 0 Å². The Kier molecular flexibility index (Phi) is 5.45. The number of rotatable bonds is 6. The van der Waals surface area contributed by atoms with Crippen LogP contribution in [0.15, 0.2) is 64.4 Å². The lowest BCUT2D eigenvalue weighted by Crippen LogP contribution is -2.19. The summed E-state index contributed by atoms with van der Waals surface area (Å²) in [5, 5.41) is 10.4. The second kappa shape index (κ2) is 7.94. The maximum absolute atomic E-state index is 12.8. The largest absolute Gasteiger partial charge is 0.497 e. The van der Waals surface area contributed by atoms with Crippen molar-refractivity contribution in [2.45, 2.75) is 9.59 Å². The third-order valence-corrected chi connectivity index (χ3v) is 5.32. The molecule has 0 radical (unpaired) electrons. The number of ether oxygens (including phenoxy) is 1. The van der Waals surface area contributed by atoms with Crippen LogP contribution in [0.4, 0.5) is 5.69 Å². The van der Waals surface area contributed by atoms with Crippen LogP contribution in [0.1, 0.15) is 10.8 Å². The third kappa shape index (κ3) is 4.12. The lowest BCUT2D eigenvalue weighted by atomic mass is 10.1. The number of nitrogens with one attached hydrogen (secondary N) is 1. The fourth-order valence-corrected chi connectivity index (χ4v) is 3.77. The lowest BCUT2D eigenvalue weighted by Gasteiger charge is -2.15. The molecule has 0 unspecified atom stereocenters.